The zero-order valence-corrected chi connectivity index (χ0v) is 16.7. The van der Waals surface area contributed by atoms with Crippen LogP contribution in [0.5, 0.6) is 0 Å². The highest BCUT2D eigenvalue weighted by atomic mass is 32.2. The zero-order chi connectivity index (χ0) is 20.3. The summed E-state index contributed by atoms with van der Waals surface area (Å²) < 4.78 is 31.6. The molecule has 0 bridgehead atoms. The van der Waals surface area contributed by atoms with Gasteiger partial charge in [0.1, 0.15) is 5.69 Å². The predicted molar refractivity (Wildman–Crippen MR) is 102 cm³/mol. The quantitative estimate of drug-likeness (QED) is 0.642. The summed E-state index contributed by atoms with van der Waals surface area (Å²) in [6.45, 7) is 3.73. The third-order valence-corrected chi connectivity index (χ3v) is 5.91. The van der Waals surface area contributed by atoms with Gasteiger partial charge in [-0.2, -0.15) is 5.10 Å². The number of nitrogens with one attached hydrogen (secondary N) is 1. The second-order valence-corrected chi connectivity index (χ2v) is 8.60. The fourth-order valence-corrected chi connectivity index (χ4v) is 3.97. The first kappa shape index (κ1) is 19.7. The van der Waals surface area contributed by atoms with Crippen molar-refractivity contribution in [2.24, 2.45) is 7.05 Å². The summed E-state index contributed by atoms with van der Waals surface area (Å²) in [5, 5.41) is 14.4. The van der Waals surface area contributed by atoms with Crippen molar-refractivity contribution < 1.29 is 17.6 Å². The van der Waals surface area contributed by atoms with Gasteiger partial charge in [-0.1, -0.05) is 22.8 Å². The molecule has 1 amide bonds. The molecule has 0 saturated heterocycles. The molecule has 3 rings (SSSR count). The molecule has 0 spiro atoms. The number of hydrogen-bond donors (Lipinski definition) is 1. The minimum atomic E-state index is -3.42. The Morgan fingerprint density at radius 2 is 1.89 bits per heavy atom. The lowest BCUT2D eigenvalue weighted by atomic mass is 10.2. The average molecular weight is 403 g/mol. The lowest BCUT2D eigenvalue weighted by Crippen LogP contribution is -2.14. The molecular formula is C18H21N5O4S. The van der Waals surface area contributed by atoms with E-state index in [4.69, 9.17) is 4.42 Å². The van der Waals surface area contributed by atoms with Gasteiger partial charge in [-0.05, 0) is 38.5 Å². The molecule has 9 nitrogen and oxygen atoms in total. The molecule has 0 radical (unpaired) electrons. The molecule has 0 saturated carbocycles. The van der Waals surface area contributed by atoms with Gasteiger partial charge in [0.25, 0.3) is 5.89 Å². The Kier molecular flexibility index (Phi) is 5.59. The number of aromatic nitrogens is 4. The summed E-state index contributed by atoms with van der Waals surface area (Å²) in [4.78, 5) is 12.3. The van der Waals surface area contributed by atoms with Gasteiger partial charge in [-0.25, -0.2) is 8.42 Å². The molecule has 148 valence electrons. The van der Waals surface area contributed by atoms with Gasteiger partial charge in [-0.15, -0.1) is 5.10 Å². The molecule has 0 fully saturated rings. The van der Waals surface area contributed by atoms with E-state index >= 15 is 0 Å². The molecule has 3 aromatic rings. The van der Waals surface area contributed by atoms with E-state index in [2.05, 4.69) is 20.6 Å². The van der Waals surface area contributed by atoms with Crippen LogP contribution in [0.2, 0.25) is 0 Å². The third-order valence-electron chi connectivity index (χ3n) is 4.09. The summed E-state index contributed by atoms with van der Waals surface area (Å²) >= 11 is 0. The van der Waals surface area contributed by atoms with Crippen LogP contribution in [0, 0.1) is 13.8 Å². The van der Waals surface area contributed by atoms with Gasteiger partial charge in [0.15, 0.2) is 9.84 Å². The van der Waals surface area contributed by atoms with Gasteiger partial charge in [0.2, 0.25) is 5.91 Å². The number of sulfone groups is 1. The topological polar surface area (TPSA) is 120 Å². The van der Waals surface area contributed by atoms with Gasteiger partial charge in [0.05, 0.1) is 16.3 Å². The molecule has 0 aliphatic carbocycles. The summed E-state index contributed by atoms with van der Waals surface area (Å²) in [7, 11) is -1.67. The first-order valence-electron chi connectivity index (χ1n) is 8.68. The van der Waals surface area contributed by atoms with Crippen LogP contribution in [0.15, 0.2) is 39.6 Å². The van der Waals surface area contributed by atoms with E-state index in [9.17, 15) is 13.2 Å². The lowest BCUT2D eigenvalue weighted by molar-refractivity contribution is -0.116. The van der Waals surface area contributed by atoms with Crippen molar-refractivity contribution in [1.82, 2.24) is 20.0 Å². The van der Waals surface area contributed by atoms with Gasteiger partial charge in [0, 0.05) is 13.5 Å². The van der Waals surface area contributed by atoms with E-state index in [1.165, 1.54) is 0 Å². The van der Waals surface area contributed by atoms with Gasteiger partial charge in [-0.3, -0.25) is 14.8 Å². The monoisotopic (exact) mass is 403 g/mol. The number of carbonyl (C=O) groups is 1. The van der Waals surface area contributed by atoms with Crippen molar-refractivity contribution in [1.29, 1.82) is 0 Å². The van der Waals surface area contributed by atoms with Crippen LogP contribution in [0.4, 0.5) is 6.01 Å². The summed E-state index contributed by atoms with van der Waals surface area (Å²) in [6.07, 6.45) is 0.206. The number of benzene rings is 1. The van der Waals surface area contributed by atoms with Crippen LogP contribution in [0.25, 0.3) is 11.6 Å². The highest BCUT2D eigenvalue weighted by Gasteiger charge is 2.17. The fourth-order valence-electron chi connectivity index (χ4n) is 2.66. The largest absolute Gasteiger partial charge is 0.401 e. The first-order valence-corrected chi connectivity index (χ1v) is 10.3. The van der Waals surface area contributed by atoms with Crippen molar-refractivity contribution in [2.75, 3.05) is 11.1 Å². The lowest BCUT2D eigenvalue weighted by Gasteiger charge is -2.05. The van der Waals surface area contributed by atoms with Crippen molar-refractivity contribution in [2.45, 2.75) is 31.6 Å². The van der Waals surface area contributed by atoms with Gasteiger partial charge >= 0.3 is 6.01 Å². The van der Waals surface area contributed by atoms with Crippen LogP contribution < -0.4 is 5.32 Å². The molecule has 2 heterocycles. The van der Waals surface area contributed by atoms with Crippen molar-refractivity contribution in [3.8, 4) is 11.6 Å². The zero-order valence-electron chi connectivity index (χ0n) is 15.8. The van der Waals surface area contributed by atoms with Crippen LogP contribution in [-0.4, -0.2) is 40.1 Å². The highest BCUT2D eigenvalue weighted by molar-refractivity contribution is 7.91. The van der Waals surface area contributed by atoms with E-state index in [0.29, 0.717) is 5.69 Å². The van der Waals surface area contributed by atoms with Crippen LogP contribution in [0.3, 0.4) is 0 Å². The Hall–Kier alpha value is -3.01. The number of aryl methyl sites for hydroxylation is 3. The molecule has 1 N–H and O–H groups in total. The third kappa shape index (κ3) is 4.63. The Bertz CT molecular complexity index is 1080. The van der Waals surface area contributed by atoms with E-state index in [-0.39, 0.29) is 35.4 Å². The minimum Gasteiger partial charge on any atom is -0.401 e. The SMILES string of the molecule is Cc1ccc(S(=O)(=O)CCCC(=O)Nc2nnc(-c3cc(C)nn3C)o2)cc1. The Morgan fingerprint density at radius 1 is 1.18 bits per heavy atom. The van der Waals surface area contributed by atoms with Crippen molar-refractivity contribution >= 4 is 21.8 Å². The molecule has 1 aromatic carbocycles. The van der Waals surface area contributed by atoms with E-state index in [1.807, 2.05) is 13.8 Å². The molecule has 0 atom stereocenters. The van der Waals surface area contributed by atoms with E-state index in [0.717, 1.165) is 11.3 Å². The number of amides is 1. The Labute approximate surface area is 162 Å². The smallest absolute Gasteiger partial charge is 0.322 e. The second kappa shape index (κ2) is 7.93. The first-order chi connectivity index (χ1) is 13.2. The molecule has 28 heavy (non-hydrogen) atoms. The number of rotatable bonds is 7. The second-order valence-electron chi connectivity index (χ2n) is 6.49. The standard InChI is InChI=1S/C18H21N5O4S/c1-12-6-8-14(9-7-12)28(25,26)10-4-5-16(24)19-18-21-20-17(27-18)15-11-13(2)22-23(15)3/h6-9,11H,4-5,10H2,1-3H3,(H,19,21,24). The van der Waals surface area contributed by atoms with E-state index < -0.39 is 15.7 Å². The van der Waals surface area contributed by atoms with Crippen LogP contribution in [0.1, 0.15) is 24.1 Å². The summed E-state index contributed by atoms with van der Waals surface area (Å²) in [5.74, 6) is -0.275. The highest BCUT2D eigenvalue weighted by Crippen LogP contribution is 2.20. The molecule has 2 aromatic heterocycles. The molecule has 10 heteroatoms. The predicted octanol–water partition coefficient (Wildman–Crippen LogP) is 2.28. The number of anilines is 1. The maximum absolute atomic E-state index is 12.3. The summed E-state index contributed by atoms with van der Waals surface area (Å²) in [6, 6.07) is 8.39. The number of carbonyl (C=O) groups excluding carboxylic acids is 1. The Morgan fingerprint density at radius 3 is 2.54 bits per heavy atom. The van der Waals surface area contributed by atoms with E-state index in [1.54, 1.807) is 42.1 Å². The van der Waals surface area contributed by atoms with Crippen LogP contribution in [-0.2, 0) is 21.7 Å². The number of nitrogens with zero attached hydrogens (tertiary/aromatic N) is 4. The van der Waals surface area contributed by atoms with Gasteiger partial charge < -0.3 is 4.42 Å². The fraction of sp³-hybridized carbons (Fsp3) is 0.333. The molecular weight excluding hydrogens is 382 g/mol. The number of hydrogen-bond acceptors (Lipinski definition) is 7. The minimum absolute atomic E-state index is 0.0215. The molecule has 0 aliphatic rings. The molecule has 0 unspecified atom stereocenters. The maximum atomic E-state index is 12.3. The van der Waals surface area contributed by atoms with Crippen molar-refractivity contribution in [3.05, 3.63) is 41.6 Å². The Balaban J connectivity index is 1.54. The maximum Gasteiger partial charge on any atom is 0.322 e. The summed E-state index contributed by atoms with van der Waals surface area (Å²) in [5.41, 5.74) is 2.42. The average Bonchev–Trinajstić information content (AvgIpc) is 3.20. The van der Waals surface area contributed by atoms with Crippen LogP contribution >= 0.6 is 0 Å². The normalized spacial score (nSPS) is 11.5. The van der Waals surface area contributed by atoms with Crippen molar-refractivity contribution in [3.63, 3.8) is 0 Å². The molecule has 0 aliphatic heterocycles.